The minimum atomic E-state index is 0.817. The molecule has 2 aromatic carbocycles. The first-order valence-corrected chi connectivity index (χ1v) is 9.62. The molecule has 0 bridgehead atoms. The van der Waals surface area contributed by atoms with E-state index in [-0.39, 0.29) is 0 Å². The number of aryl methyl sites for hydroxylation is 1. The maximum atomic E-state index is 4.88. The molecule has 26 heavy (non-hydrogen) atoms. The van der Waals surface area contributed by atoms with Crippen molar-refractivity contribution in [3.05, 3.63) is 78.1 Å². The first-order chi connectivity index (χ1) is 12.8. The van der Waals surface area contributed by atoms with Gasteiger partial charge in [-0.25, -0.2) is 4.98 Å². The van der Waals surface area contributed by atoms with Gasteiger partial charge in [-0.1, -0.05) is 60.7 Å². The number of rotatable bonds is 5. The molecule has 134 valence electrons. The fourth-order valence-electron chi connectivity index (χ4n) is 3.99. The molecule has 1 fully saturated rings. The summed E-state index contributed by atoms with van der Waals surface area (Å²) in [6.45, 7) is 3.31. The van der Waals surface area contributed by atoms with Crippen molar-refractivity contribution >= 4 is 0 Å². The predicted molar refractivity (Wildman–Crippen MR) is 107 cm³/mol. The maximum Gasteiger partial charge on any atom is 0.140 e. The van der Waals surface area contributed by atoms with Gasteiger partial charge in [0, 0.05) is 25.4 Å². The van der Waals surface area contributed by atoms with Crippen molar-refractivity contribution in [2.24, 2.45) is 13.0 Å². The Bertz CT molecular complexity index is 815. The van der Waals surface area contributed by atoms with Gasteiger partial charge in [-0.3, -0.25) is 4.90 Å². The molecule has 2 heterocycles. The molecule has 3 nitrogen and oxygen atoms in total. The van der Waals surface area contributed by atoms with Crippen LogP contribution in [0.15, 0.2) is 66.9 Å². The van der Waals surface area contributed by atoms with Crippen molar-refractivity contribution in [1.29, 1.82) is 0 Å². The normalized spacial score (nSPS) is 16.0. The molecule has 1 aromatic heterocycles. The van der Waals surface area contributed by atoms with Crippen LogP contribution in [0.25, 0.3) is 11.4 Å². The number of benzene rings is 2. The molecule has 1 saturated heterocycles. The van der Waals surface area contributed by atoms with Gasteiger partial charge in [0.25, 0.3) is 0 Å². The van der Waals surface area contributed by atoms with Crippen LogP contribution < -0.4 is 0 Å². The zero-order valence-electron chi connectivity index (χ0n) is 15.5. The summed E-state index contributed by atoms with van der Waals surface area (Å²) in [6.07, 6.45) is 5.97. The smallest absolute Gasteiger partial charge is 0.140 e. The second-order valence-corrected chi connectivity index (χ2v) is 7.44. The lowest BCUT2D eigenvalue weighted by Crippen LogP contribution is -2.34. The van der Waals surface area contributed by atoms with Crippen LogP contribution in [0.4, 0.5) is 0 Å². The summed E-state index contributed by atoms with van der Waals surface area (Å²) < 4.78 is 2.15. The van der Waals surface area contributed by atoms with E-state index in [4.69, 9.17) is 4.98 Å². The van der Waals surface area contributed by atoms with E-state index >= 15 is 0 Å². The van der Waals surface area contributed by atoms with E-state index in [1.807, 2.05) is 6.07 Å². The van der Waals surface area contributed by atoms with Gasteiger partial charge in [0.2, 0.25) is 0 Å². The predicted octanol–water partition coefficient (Wildman–Crippen LogP) is 4.54. The van der Waals surface area contributed by atoms with Gasteiger partial charge in [-0.2, -0.15) is 0 Å². The number of hydrogen-bond donors (Lipinski definition) is 0. The molecule has 0 N–H and O–H groups in total. The van der Waals surface area contributed by atoms with Gasteiger partial charge in [-0.05, 0) is 43.8 Å². The van der Waals surface area contributed by atoms with Crippen molar-refractivity contribution in [2.45, 2.75) is 25.8 Å². The second kappa shape index (κ2) is 7.88. The zero-order valence-corrected chi connectivity index (χ0v) is 15.5. The molecule has 4 rings (SSSR count). The summed E-state index contributed by atoms with van der Waals surface area (Å²) in [5.41, 5.74) is 3.83. The van der Waals surface area contributed by atoms with Crippen molar-refractivity contribution in [3.63, 3.8) is 0 Å². The highest BCUT2D eigenvalue weighted by Crippen LogP contribution is 2.24. The average molecular weight is 345 g/mol. The lowest BCUT2D eigenvalue weighted by Gasteiger charge is -2.31. The molecule has 0 amide bonds. The molecule has 0 unspecified atom stereocenters. The third-order valence-electron chi connectivity index (χ3n) is 5.42. The Kier molecular flexibility index (Phi) is 5.16. The van der Waals surface area contributed by atoms with E-state index < -0.39 is 0 Å². The highest BCUT2D eigenvalue weighted by atomic mass is 15.2. The first-order valence-electron chi connectivity index (χ1n) is 9.62. The van der Waals surface area contributed by atoms with Crippen LogP contribution in [0.5, 0.6) is 0 Å². The lowest BCUT2D eigenvalue weighted by atomic mass is 9.90. The molecule has 0 aliphatic carbocycles. The van der Waals surface area contributed by atoms with Gasteiger partial charge in [0.05, 0.1) is 5.69 Å². The largest absolute Gasteiger partial charge is 0.334 e. The lowest BCUT2D eigenvalue weighted by molar-refractivity contribution is 0.175. The highest BCUT2D eigenvalue weighted by molar-refractivity contribution is 5.55. The summed E-state index contributed by atoms with van der Waals surface area (Å²) in [6, 6.07) is 21.4. The minimum absolute atomic E-state index is 0.817. The summed E-state index contributed by atoms with van der Waals surface area (Å²) in [5.74, 6) is 1.87. The third kappa shape index (κ3) is 4.05. The van der Waals surface area contributed by atoms with Gasteiger partial charge in [0.15, 0.2) is 0 Å². The molecule has 1 aliphatic heterocycles. The molecule has 3 heteroatoms. The summed E-state index contributed by atoms with van der Waals surface area (Å²) in [4.78, 5) is 7.44. The van der Waals surface area contributed by atoms with Crippen LogP contribution in [-0.2, 0) is 20.0 Å². The maximum absolute atomic E-state index is 4.88. The second-order valence-electron chi connectivity index (χ2n) is 7.44. The summed E-state index contributed by atoms with van der Waals surface area (Å²) >= 11 is 0. The molecular weight excluding hydrogens is 318 g/mol. The monoisotopic (exact) mass is 345 g/mol. The Hall–Kier alpha value is -2.39. The van der Waals surface area contributed by atoms with E-state index in [1.54, 1.807) is 0 Å². The van der Waals surface area contributed by atoms with Crippen LogP contribution in [0.1, 0.15) is 24.1 Å². The summed E-state index contributed by atoms with van der Waals surface area (Å²) in [7, 11) is 2.09. The van der Waals surface area contributed by atoms with Crippen molar-refractivity contribution in [1.82, 2.24) is 14.5 Å². The zero-order chi connectivity index (χ0) is 17.8. The average Bonchev–Trinajstić information content (AvgIpc) is 3.05. The number of aromatic nitrogens is 2. The molecule has 0 atom stereocenters. The summed E-state index contributed by atoms with van der Waals surface area (Å²) in [5, 5.41) is 0. The number of likely N-dealkylation sites (tertiary alicyclic amines) is 1. The van der Waals surface area contributed by atoms with E-state index in [2.05, 4.69) is 77.3 Å². The Morgan fingerprint density at radius 1 is 0.923 bits per heavy atom. The Labute approximate surface area is 156 Å². The SMILES string of the molecule is Cn1cc(CN2CCC(Cc3ccccc3)CC2)nc1-c1ccccc1. The Balaban J connectivity index is 1.33. The van der Waals surface area contributed by atoms with Crippen LogP contribution in [0.2, 0.25) is 0 Å². The van der Waals surface area contributed by atoms with Crippen molar-refractivity contribution < 1.29 is 0 Å². The Morgan fingerprint density at radius 3 is 2.27 bits per heavy atom. The molecular formula is C23H27N3. The molecule has 1 aliphatic rings. The van der Waals surface area contributed by atoms with E-state index in [0.717, 1.165) is 18.3 Å². The fraction of sp³-hybridized carbons (Fsp3) is 0.348. The minimum Gasteiger partial charge on any atom is -0.334 e. The highest BCUT2D eigenvalue weighted by Gasteiger charge is 2.20. The van der Waals surface area contributed by atoms with Crippen molar-refractivity contribution in [3.8, 4) is 11.4 Å². The molecule has 0 spiro atoms. The van der Waals surface area contributed by atoms with Crippen LogP contribution in [-0.4, -0.2) is 27.5 Å². The number of imidazole rings is 1. The van der Waals surface area contributed by atoms with Gasteiger partial charge >= 0.3 is 0 Å². The van der Waals surface area contributed by atoms with E-state index in [0.29, 0.717) is 0 Å². The number of nitrogens with zero attached hydrogens (tertiary/aromatic N) is 3. The quantitative estimate of drug-likeness (QED) is 0.677. The van der Waals surface area contributed by atoms with Crippen molar-refractivity contribution in [2.75, 3.05) is 13.1 Å². The standard InChI is InChI=1S/C23H27N3/c1-25-17-22(24-23(25)21-10-6-3-7-11-21)18-26-14-12-20(13-15-26)16-19-8-4-2-5-9-19/h2-11,17,20H,12-16,18H2,1H3. The van der Waals surface area contributed by atoms with Crippen LogP contribution in [0, 0.1) is 5.92 Å². The van der Waals surface area contributed by atoms with Gasteiger partial charge in [0.1, 0.15) is 5.82 Å². The Morgan fingerprint density at radius 2 is 1.58 bits per heavy atom. The van der Waals surface area contributed by atoms with Gasteiger partial charge in [-0.15, -0.1) is 0 Å². The third-order valence-corrected chi connectivity index (χ3v) is 5.42. The molecule has 0 radical (unpaired) electrons. The first kappa shape index (κ1) is 17.0. The molecule has 3 aromatic rings. The van der Waals surface area contributed by atoms with Gasteiger partial charge < -0.3 is 4.57 Å². The molecule has 0 saturated carbocycles. The van der Waals surface area contributed by atoms with Crippen LogP contribution in [0.3, 0.4) is 0 Å². The van der Waals surface area contributed by atoms with E-state index in [1.165, 1.54) is 49.2 Å². The van der Waals surface area contributed by atoms with E-state index in [9.17, 15) is 0 Å². The fourth-order valence-corrected chi connectivity index (χ4v) is 3.99. The number of piperidine rings is 1. The van der Waals surface area contributed by atoms with Crippen LogP contribution >= 0.6 is 0 Å². The number of hydrogen-bond acceptors (Lipinski definition) is 2. The topological polar surface area (TPSA) is 21.1 Å².